The van der Waals surface area contributed by atoms with Crippen LogP contribution in [0.3, 0.4) is 0 Å². The van der Waals surface area contributed by atoms with Crippen molar-refractivity contribution in [3.63, 3.8) is 0 Å². The Morgan fingerprint density at radius 1 is 1.32 bits per heavy atom. The van der Waals surface area contributed by atoms with Gasteiger partial charge in [-0.3, -0.25) is 10.1 Å². The molecule has 0 aliphatic rings. The Bertz CT molecular complexity index is 585. The van der Waals surface area contributed by atoms with Crippen molar-refractivity contribution in [2.45, 2.75) is 19.8 Å². The van der Waals surface area contributed by atoms with Crippen molar-refractivity contribution in [1.29, 1.82) is 0 Å². The van der Waals surface area contributed by atoms with Gasteiger partial charge in [0.1, 0.15) is 5.82 Å². The number of nitrogens with one attached hydrogen (secondary N) is 1. The molecule has 0 aliphatic heterocycles. The van der Waals surface area contributed by atoms with E-state index in [1.165, 1.54) is 18.6 Å². The minimum Gasteiger partial charge on any atom is -0.396 e. The van der Waals surface area contributed by atoms with Gasteiger partial charge < -0.3 is 5.73 Å². The molecule has 2 heterocycles. The minimum atomic E-state index is -0.491. The number of aromatic nitrogens is 5. The molecule has 98 valence electrons. The quantitative estimate of drug-likeness (QED) is 0.828. The van der Waals surface area contributed by atoms with E-state index in [2.05, 4.69) is 30.5 Å². The molecule has 0 unspecified atom stereocenters. The lowest BCUT2D eigenvalue weighted by molar-refractivity contribution is 0.102. The fourth-order valence-electron chi connectivity index (χ4n) is 1.33. The highest BCUT2D eigenvalue weighted by molar-refractivity contribution is 6.05. The molecule has 2 aromatic heterocycles. The van der Waals surface area contributed by atoms with E-state index in [1.54, 1.807) is 0 Å². The zero-order valence-electron chi connectivity index (χ0n) is 10.5. The first-order chi connectivity index (χ1) is 9.08. The number of anilines is 2. The lowest BCUT2D eigenvalue weighted by Gasteiger charge is -2.08. The molecule has 0 aromatic carbocycles. The van der Waals surface area contributed by atoms with E-state index in [9.17, 15) is 4.79 Å². The van der Waals surface area contributed by atoms with E-state index < -0.39 is 5.91 Å². The molecule has 0 bridgehead atoms. The Hall–Kier alpha value is -2.64. The Balaban J connectivity index is 2.26. The van der Waals surface area contributed by atoms with Gasteiger partial charge in [-0.15, -0.1) is 5.10 Å². The molecule has 3 N–H and O–H groups in total. The van der Waals surface area contributed by atoms with Gasteiger partial charge in [0.2, 0.25) is 5.95 Å². The molecule has 0 saturated carbocycles. The fourth-order valence-corrected chi connectivity index (χ4v) is 1.33. The number of nitrogens with two attached hydrogens (primary N) is 1. The molecule has 0 saturated heterocycles. The van der Waals surface area contributed by atoms with Gasteiger partial charge in [0.05, 0.1) is 24.3 Å². The standard InChI is InChI=1S/C11H13N7O/c1-6(2)9-14-5-7(12)8(16-9)10(19)17-11-13-3-4-15-18-11/h3-6H,12H2,1-2H3,(H,13,17,18,19). The monoisotopic (exact) mass is 259 g/mol. The van der Waals surface area contributed by atoms with Crippen molar-refractivity contribution in [2.24, 2.45) is 0 Å². The largest absolute Gasteiger partial charge is 0.396 e. The Morgan fingerprint density at radius 3 is 2.74 bits per heavy atom. The highest BCUT2D eigenvalue weighted by Gasteiger charge is 2.16. The summed E-state index contributed by atoms with van der Waals surface area (Å²) in [5.41, 5.74) is 6.00. The van der Waals surface area contributed by atoms with Crippen molar-refractivity contribution >= 4 is 17.5 Å². The number of hydrogen-bond acceptors (Lipinski definition) is 7. The van der Waals surface area contributed by atoms with Gasteiger partial charge in [-0.05, 0) is 0 Å². The topological polar surface area (TPSA) is 120 Å². The molecule has 19 heavy (non-hydrogen) atoms. The molecule has 1 amide bonds. The zero-order chi connectivity index (χ0) is 13.8. The van der Waals surface area contributed by atoms with E-state index in [0.29, 0.717) is 5.82 Å². The van der Waals surface area contributed by atoms with E-state index in [-0.39, 0.29) is 23.2 Å². The van der Waals surface area contributed by atoms with Crippen LogP contribution in [0, 0.1) is 0 Å². The van der Waals surface area contributed by atoms with Crippen LogP contribution >= 0.6 is 0 Å². The molecule has 0 radical (unpaired) electrons. The zero-order valence-corrected chi connectivity index (χ0v) is 10.5. The summed E-state index contributed by atoms with van der Waals surface area (Å²) in [5, 5.41) is 9.73. The molecule has 0 aliphatic carbocycles. The summed E-state index contributed by atoms with van der Waals surface area (Å²) in [4.78, 5) is 24.1. The van der Waals surface area contributed by atoms with Gasteiger partial charge in [0, 0.05) is 5.92 Å². The van der Waals surface area contributed by atoms with Crippen LogP contribution in [0.4, 0.5) is 11.6 Å². The minimum absolute atomic E-state index is 0.0941. The maximum Gasteiger partial charge on any atom is 0.278 e. The summed E-state index contributed by atoms with van der Waals surface area (Å²) < 4.78 is 0. The Labute approximate surface area is 109 Å². The third kappa shape index (κ3) is 2.97. The SMILES string of the molecule is CC(C)c1ncc(N)c(C(=O)Nc2nccnn2)n1. The van der Waals surface area contributed by atoms with E-state index in [1.807, 2.05) is 13.8 Å². The summed E-state index contributed by atoms with van der Waals surface area (Å²) in [6, 6.07) is 0. The van der Waals surface area contributed by atoms with Gasteiger partial charge in [0.25, 0.3) is 5.91 Å². The average Bonchev–Trinajstić information content (AvgIpc) is 2.40. The smallest absolute Gasteiger partial charge is 0.278 e. The number of nitrogens with zero attached hydrogens (tertiary/aromatic N) is 5. The van der Waals surface area contributed by atoms with Gasteiger partial charge in [-0.2, -0.15) is 5.10 Å². The normalized spacial score (nSPS) is 10.5. The number of amides is 1. The second-order valence-corrected chi connectivity index (χ2v) is 4.11. The first kappa shape index (κ1) is 12.8. The van der Waals surface area contributed by atoms with Crippen LogP contribution in [0.25, 0.3) is 0 Å². The van der Waals surface area contributed by atoms with Crippen LogP contribution in [-0.2, 0) is 0 Å². The third-order valence-electron chi connectivity index (χ3n) is 2.28. The lowest BCUT2D eigenvalue weighted by atomic mass is 10.2. The van der Waals surface area contributed by atoms with Crippen LogP contribution in [0.15, 0.2) is 18.6 Å². The highest BCUT2D eigenvalue weighted by atomic mass is 16.2. The molecule has 2 rings (SSSR count). The summed E-state index contributed by atoms with van der Waals surface area (Å²) in [6.45, 7) is 3.86. The van der Waals surface area contributed by atoms with Crippen LogP contribution in [0.5, 0.6) is 0 Å². The molecular weight excluding hydrogens is 246 g/mol. The van der Waals surface area contributed by atoms with Crippen LogP contribution in [0.2, 0.25) is 0 Å². The number of carbonyl (C=O) groups excluding carboxylic acids is 1. The predicted octanol–water partition coefficient (Wildman–Crippen LogP) is 0.619. The van der Waals surface area contributed by atoms with Gasteiger partial charge >= 0.3 is 0 Å². The summed E-state index contributed by atoms with van der Waals surface area (Å²) in [7, 11) is 0. The maximum absolute atomic E-state index is 12.0. The van der Waals surface area contributed by atoms with Gasteiger partial charge in [-0.1, -0.05) is 13.8 Å². The van der Waals surface area contributed by atoms with Crippen molar-refractivity contribution in [3.8, 4) is 0 Å². The summed E-state index contributed by atoms with van der Waals surface area (Å²) in [6.07, 6.45) is 4.25. The van der Waals surface area contributed by atoms with E-state index >= 15 is 0 Å². The van der Waals surface area contributed by atoms with Gasteiger partial charge in [-0.25, -0.2) is 15.0 Å². The van der Waals surface area contributed by atoms with Crippen LogP contribution in [-0.4, -0.2) is 31.1 Å². The maximum atomic E-state index is 12.0. The number of rotatable bonds is 3. The molecule has 0 fully saturated rings. The predicted molar refractivity (Wildman–Crippen MR) is 68.3 cm³/mol. The lowest BCUT2D eigenvalue weighted by Crippen LogP contribution is -2.19. The summed E-state index contributed by atoms with van der Waals surface area (Å²) >= 11 is 0. The molecule has 0 spiro atoms. The van der Waals surface area contributed by atoms with Crippen LogP contribution < -0.4 is 11.1 Å². The van der Waals surface area contributed by atoms with Crippen molar-refractivity contribution in [2.75, 3.05) is 11.1 Å². The molecule has 8 nitrogen and oxygen atoms in total. The summed E-state index contributed by atoms with van der Waals surface area (Å²) in [5.74, 6) is 0.250. The Morgan fingerprint density at radius 2 is 2.11 bits per heavy atom. The first-order valence-electron chi connectivity index (χ1n) is 5.65. The van der Waals surface area contributed by atoms with Gasteiger partial charge in [0.15, 0.2) is 5.69 Å². The molecule has 8 heteroatoms. The first-order valence-corrected chi connectivity index (χ1v) is 5.65. The fraction of sp³-hybridized carbons (Fsp3) is 0.273. The molecule has 0 atom stereocenters. The molecule has 2 aromatic rings. The van der Waals surface area contributed by atoms with Crippen molar-refractivity contribution in [3.05, 3.63) is 30.1 Å². The second-order valence-electron chi connectivity index (χ2n) is 4.11. The van der Waals surface area contributed by atoms with E-state index in [4.69, 9.17) is 5.73 Å². The number of nitrogen functional groups attached to an aromatic ring is 1. The highest BCUT2D eigenvalue weighted by Crippen LogP contribution is 2.14. The second kappa shape index (κ2) is 5.34. The average molecular weight is 259 g/mol. The van der Waals surface area contributed by atoms with E-state index in [0.717, 1.165) is 0 Å². The van der Waals surface area contributed by atoms with Crippen molar-refractivity contribution in [1.82, 2.24) is 25.1 Å². The third-order valence-corrected chi connectivity index (χ3v) is 2.28. The molecular formula is C11H13N7O. The number of hydrogen-bond donors (Lipinski definition) is 2. The number of carbonyl (C=O) groups is 1. The Kier molecular flexibility index (Phi) is 3.60. The van der Waals surface area contributed by atoms with Crippen molar-refractivity contribution < 1.29 is 4.79 Å². The van der Waals surface area contributed by atoms with Crippen LogP contribution in [0.1, 0.15) is 36.1 Å².